The highest BCUT2D eigenvalue weighted by atomic mass is 19.4. The van der Waals surface area contributed by atoms with Crippen LogP contribution in [0.1, 0.15) is 27.0 Å². The maximum atomic E-state index is 15.0. The predicted molar refractivity (Wildman–Crippen MR) is 129 cm³/mol. The number of benzene rings is 3. The molecule has 0 aromatic heterocycles. The van der Waals surface area contributed by atoms with Crippen molar-refractivity contribution in [1.82, 2.24) is 0 Å². The number of ether oxygens (including phenoxy) is 1. The van der Waals surface area contributed by atoms with Crippen LogP contribution in [0.2, 0.25) is 0 Å². The topological polar surface area (TPSA) is 38.7 Å². The minimum absolute atomic E-state index is 0.00436. The maximum Gasteiger partial charge on any atom is 0.460 e. The van der Waals surface area contributed by atoms with E-state index in [4.69, 9.17) is 0 Å². The molecule has 0 saturated carbocycles. The zero-order chi connectivity index (χ0) is 32.0. The fraction of sp³-hybridized carbons (Fsp3) is 0.286. The number of esters is 1. The van der Waals surface area contributed by atoms with Gasteiger partial charge in [0.05, 0.1) is 5.56 Å². The number of hydrogen-bond acceptors (Lipinski definition) is 3. The average Bonchev–Trinajstić information content (AvgIpc) is 3.28. The molecule has 3 aromatic rings. The Kier molecular flexibility index (Phi) is 8.09. The second kappa shape index (κ2) is 10.9. The molecule has 0 saturated heterocycles. The lowest BCUT2D eigenvalue weighted by Gasteiger charge is -2.31. The van der Waals surface area contributed by atoms with E-state index in [1.807, 2.05) is 0 Å². The summed E-state index contributed by atoms with van der Waals surface area (Å²) in [6.45, 7) is -2.70. The average molecular weight is 627 g/mol. The van der Waals surface area contributed by atoms with Crippen molar-refractivity contribution < 1.29 is 62.2 Å². The third kappa shape index (κ3) is 6.07. The van der Waals surface area contributed by atoms with E-state index in [1.165, 1.54) is 6.07 Å². The SMILES string of the molecule is O=C(OC(C(F)(F)F)C(F)(F)CN=C(c1ccc2c(c1)Cc1ccccc1-2)C(F)(F)C(F)(F)C(F)(F)F)c1ccccc1. The molecule has 15 heteroatoms. The van der Waals surface area contributed by atoms with Crippen molar-refractivity contribution >= 4 is 11.7 Å². The van der Waals surface area contributed by atoms with Gasteiger partial charge in [-0.25, -0.2) is 13.6 Å². The Bertz CT molecular complexity index is 1530. The highest BCUT2D eigenvalue weighted by molar-refractivity contribution is 6.07. The molecule has 1 unspecified atom stereocenters. The molecule has 3 aromatic carbocycles. The van der Waals surface area contributed by atoms with Crippen LogP contribution < -0.4 is 0 Å². The monoisotopic (exact) mass is 627 g/mol. The summed E-state index contributed by atoms with van der Waals surface area (Å²) < 4.78 is 172. The van der Waals surface area contributed by atoms with Gasteiger partial charge >= 0.3 is 36.1 Å². The van der Waals surface area contributed by atoms with Gasteiger partial charge in [0.1, 0.15) is 12.3 Å². The molecule has 0 aliphatic heterocycles. The fourth-order valence-electron chi connectivity index (χ4n) is 4.40. The fourth-order valence-corrected chi connectivity index (χ4v) is 4.40. The molecule has 0 radical (unpaired) electrons. The van der Waals surface area contributed by atoms with E-state index >= 15 is 0 Å². The van der Waals surface area contributed by atoms with E-state index in [2.05, 4.69) is 9.73 Å². The van der Waals surface area contributed by atoms with Crippen LogP contribution in [-0.4, -0.2) is 54.4 Å². The van der Waals surface area contributed by atoms with E-state index in [0.717, 1.165) is 36.4 Å². The molecular weight excluding hydrogens is 610 g/mol. The smallest absolute Gasteiger partial charge is 0.442 e. The number of fused-ring (bicyclic) bond motifs is 3. The zero-order valence-electron chi connectivity index (χ0n) is 21.2. The van der Waals surface area contributed by atoms with Gasteiger partial charge in [-0.3, -0.25) is 4.99 Å². The van der Waals surface area contributed by atoms with E-state index < -0.39 is 65.6 Å². The number of carbonyl (C=O) groups excluding carboxylic acids is 1. The van der Waals surface area contributed by atoms with Crippen LogP contribution >= 0.6 is 0 Å². The summed E-state index contributed by atoms with van der Waals surface area (Å²) in [5.41, 5.74) is -2.60. The van der Waals surface area contributed by atoms with Gasteiger partial charge in [0.25, 0.3) is 6.10 Å². The predicted octanol–water partition coefficient (Wildman–Crippen LogP) is 8.30. The van der Waals surface area contributed by atoms with Gasteiger partial charge in [-0.1, -0.05) is 54.6 Å². The van der Waals surface area contributed by atoms with Crippen molar-refractivity contribution in [3.63, 3.8) is 0 Å². The number of aliphatic imine (C=N–C) groups is 1. The third-order valence-electron chi connectivity index (χ3n) is 6.48. The van der Waals surface area contributed by atoms with Gasteiger partial charge in [0.2, 0.25) is 0 Å². The summed E-state index contributed by atoms with van der Waals surface area (Å²) in [5, 5.41) is 0. The molecule has 4 rings (SSSR count). The molecule has 0 fully saturated rings. The highest BCUT2D eigenvalue weighted by Gasteiger charge is 2.75. The summed E-state index contributed by atoms with van der Waals surface area (Å²) >= 11 is 0. The van der Waals surface area contributed by atoms with Crippen molar-refractivity contribution in [3.8, 4) is 11.1 Å². The van der Waals surface area contributed by atoms with Crippen LogP contribution in [0.25, 0.3) is 11.1 Å². The van der Waals surface area contributed by atoms with Gasteiger partial charge in [0.15, 0.2) is 0 Å². The van der Waals surface area contributed by atoms with E-state index in [1.54, 1.807) is 24.3 Å². The molecule has 0 N–H and O–H groups in total. The van der Waals surface area contributed by atoms with Gasteiger partial charge in [0, 0.05) is 5.56 Å². The van der Waals surface area contributed by atoms with Gasteiger partial charge in [-0.15, -0.1) is 0 Å². The summed E-state index contributed by atoms with van der Waals surface area (Å²) in [6, 6.07) is 14.3. The molecule has 1 aliphatic carbocycles. The van der Waals surface area contributed by atoms with E-state index in [0.29, 0.717) is 22.8 Å². The van der Waals surface area contributed by atoms with Crippen LogP contribution in [0.5, 0.6) is 0 Å². The van der Waals surface area contributed by atoms with Crippen molar-refractivity contribution in [2.45, 2.75) is 42.6 Å². The first-order valence-electron chi connectivity index (χ1n) is 12.1. The minimum atomic E-state index is -6.91. The van der Waals surface area contributed by atoms with Crippen molar-refractivity contribution in [3.05, 3.63) is 95.1 Å². The lowest BCUT2D eigenvalue weighted by molar-refractivity contribution is -0.336. The van der Waals surface area contributed by atoms with Gasteiger partial charge < -0.3 is 4.74 Å². The van der Waals surface area contributed by atoms with Gasteiger partial charge in [-0.2, -0.15) is 43.9 Å². The number of carbonyl (C=O) groups is 1. The molecular formula is C28H17F12NO2. The molecule has 0 bridgehead atoms. The molecule has 0 amide bonds. The maximum absolute atomic E-state index is 15.0. The normalized spacial score (nSPS) is 15.1. The van der Waals surface area contributed by atoms with Crippen LogP contribution in [0.15, 0.2) is 77.8 Å². The largest absolute Gasteiger partial charge is 0.460 e. The Balaban J connectivity index is 1.77. The van der Waals surface area contributed by atoms with Crippen LogP contribution in [0, 0.1) is 0 Å². The summed E-state index contributed by atoms with van der Waals surface area (Å²) in [5.74, 6) is -20.5. The number of hydrogen-bond donors (Lipinski definition) is 0. The summed E-state index contributed by atoms with van der Waals surface area (Å²) in [4.78, 5) is 14.6. The lowest BCUT2D eigenvalue weighted by Crippen LogP contribution is -2.57. The molecule has 1 atom stereocenters. The van der Waals surface area contributed by atoms with E-state index in [-0.39, 0.29) is 12.0 Å². The van der Waals surface area contributed by atoms with Crippen molar-refractivity contribution in [1.29, 1.82) is 0 Å². The molecule has 43 heavy (non-hydrogen) atoms. The van der Waals surface area contributed by atoms with Crippen LogP contribution in [0.4, 0.5) is 52.7 Å². The third-order valence-corrected chi connectivity index (χ3v) is 6.48. The number of halogens is 12. The Labute approximate surface area is 234 Å². The van der Waals surface area contributed by atoms with Crippen LogP contribution in [-0.2, 0) is 11.2 Å². The Hall–Kier alpha value is -4.04. The first-order valence-corrected chi connectivity index (χ1v) is 12.1. The van der Waals surface area contributed by atoms with Crippen molar-refractivity contribution in [2.75, 3.05) is 6.54 Å². The lowest BCUT2D eigenvalue weighted by atomic mass is 9.95. The number of rotatable bonds is 8. The molecule has 1 aliphatic rings. The highest BCUT2D eigenvalue weighted by Crippen LogP contribution is 2.49. The summed E-state index contributed by atoms with van der Waals surface area (Å²) in [6.07, 6.45) is -17.3. The first kappa shape index (κ1) is 31.9. The zero-order valence-corrected chi connectivity index (χ0v) is 21.2. The molecule has 0 heterocycles. The van der Waals surface area contributed by atoms with Crippen LogP contribution in [0.3, 0.4) is 0 Å². The van der Waals surface area contributed by atoms with E-state index in [9.17, 15) is 57.5 Å². The quantitative estimate of drug-likeness (QED) is 0.112. The van der Waals surface area contributed by atoms with Gasteiger partial charge in [-0.05, 0) is 46.9 Å². The molecule has 230 valence electrons. The Morgan fingerprint density at radius 2 is 1.30 bits per heavy atom. The Morgan fingerprint density at radius 1 is 0.721 bits per heavy atom. The molecule has 0 spiro atoms. The molecule has 3 nitrogen and oxygen atoms in total. The number of nitrogens with zero attached hydrogens (tertiary/aromatic N) is 1. The second-order valence-electron chi connectivity index (χ2n) is 9.47. The standard InChI is InChI=1S/C28H17F12NO2/c29-24(30,23(26(33,34)35)43-22(42)15-6-2-1-3-7-15)14-41-21(25(31,32)27(36,37)28(38,39)40)17-10-11-20-18(13-17)12-16-8-4-5-9-19(16)20/h1-11,13,23H,12,14H2. The first-order chi connectivity index (χ1) is 19.8. The van der Waals surface area contributed by atoms with Crippen molar-refractivity contribution in [2.24, 2.45) is 4.99 Å². The number of alkyl halides is 12. The Morgan fingerprint density at radius 3 is 1.91 bits per heavy atom. The second-order valence-corrected chi connectivity index (χ2v) is 9.47. The summed E-state index contributed by atoms with van der Waals surface area (Å²) in [7, 11) is 0. The minimum Gasteiger partial charge on any atom is -0.442 e.